The number of hydrogen-bond acceptors (Lipinski definition) is 5. The predicted octanol–water partition coefficient (Wildman–Crippen LogP) is 1.53. The third-order valence-electron chi connectivity index (χ3n) is 2.97. The molecular formula is C12H16N2O3S. The van der Waals surface area contributed by atoms with Crippen molar-refractivity contribution in [3.05, 3.63) is 15.8 Å². The second-order valence-corrected chi connectivity index (χ2v) is 5.13. The number of carbonyl (C=O) groups is 2. The summed E-state index contributed by atoms with van der Waals surface area (Å²) in [6.45, 7) is 2.73. The Hall–Kier alpha value is -1.40. The van der Waals surface area contributed by atoms with Gasteiger partial charge in [-0.1, -0.05) is 0 Å². The molecule has 18 heavy (non-hydrogen) atoms. The molecule has 1 saturated heterocycles. The molecule has 0 aliphatic carbocycles. The summed E-state index contributed by atoms with van der Waals surface area (Å²) < 4.78 is 4.70. The average Bonchev–Trinajstić information content (AvgIpc) is 2.99. The summed E-state index contributed by atoms with van der Waals surface area (Å²) in [7, 11) is 1.33. The number of thiophene rings is 1. The van der Waals surface area contributed by atoms with Crippen LogP contribution in [0.15, 0.2) is 5.38 Å². The van der Waals surface area contributed by atoms with E-state index in [0.717, 1.165) is 24.9 Å². The van der Waals surface area contributed by atoms with Gasteiger partial charge in [-0.05, 0) is 37.3 Å². The third-order valence-corrected chi connectivity index (χ3v) is 4.05. The molecule has 2 N–H and O–H groups in total. The van der Waals surface area contributed by atoms with Gasteiger partial charge in [0.2, 0.25) is 5.91 Å². The number of anilines is 1. The molecule has 1 fully saturated rings. The molecule has 0 unspecified atom stereocenters. The topological polar surface area (TPSA) is 67.4 Å². The Labute approximate surface area is 110 Å². The van der Waals surface area contributed by atoms with Crippen molar-refractivity contribution < 1.29 is 14.3 Å². The van der Waals surface area contributed by atoms with Crippen molar-refractivity contribution in [1.82, 2.24) is 5.32 Å². The summed E-state index contributed by atoms with van der Waals surface area (Å²) in [6, 6.07) is -0.158. The normalized spacial score (nSPS) is 18.7. The molecule has 1 aromatic rings. The Morgan fingerprint density at radius 2 is 2.33 bits per heavy atom. The first kappa shape index (κ1) is 13.0. The van der Waals surface area contributed by atoms with Gasteiger partial charge in [0.05, 0.1) is 18.8 Å². The summed E-state index contributed by atoms with van der Waals surface area (Å²) in [6.07, 6.45) is 1.84. The number of ether oxygens (including phenoxy) is 1. The van der Waals surface area contributed by atoms with Crippen LogP contribution < -0.4 is 10.6 Å². The van der Waals surface area contributed by atoms with Crippen LogP contribution in [-0.4, -0.2) is 31.6 Å². The fourth-order valence-corrected chi connectivity index (χ4v) is 2.88. The van der Waals surface area contributed by atoms with E-state index in [1.54, 1.807) is 0 Å². The van der Waals surface area contributed by atoms with Crippen molar-refractivity contribution in [2.24, 2.45) is 0 Å². The van der Waals surface area contributed by atoms with Crippen LogP contribution in [0.1, 0.15) is 28.1 Å². The van der Waals surface area contributed by atoms with Crippen molar-refractivity contribution >= 4 is 28.9 Å². The van der Waals surface area contributed by atoms with Gasteiger partial charge in [-0.2, -0.15) is 0 Å². The second-order valence-electron chi connectivity index (χ2n) is 4.25. The van der Waals surface area contributed by atoms with E-state index in [2.05, 4.69) is 10.6 Å². The highest BCUT2D eigenvalue weighted by molar-refractivity contribution is 7.12. The molecule has 5 nitrogen and oxygen atoms in total. The first-order chi connectivity index (χ1) is 8.63. The maximum Gasteiger partial charge on any atom is 0.350 e. The zero-order valence-electron chi connectivity index (χ0n) is 10.4. The molecule has 0 bridgehead atoms. The lowest BCUT2D eigenvalue weighted by atomic mass is 10.2. The molecule has 1 aliphatic heterocycles. The molecular weight excluding hydrogens is 252 g/mol. The molecule has 1 amide bonds. The van der Waals surface area contributed by atoms with Crippen LogP contribution >= 0.6 is 11.3 Å². The Morgan fingerprint density at radius 1 is 1.56 bits per heavy atom. The Kier molecular flexibility index (Phi) is 3.98. The van der Waals surface area contributed by atoms with Gasteiger partial charge in [-0.15, -0.1) is 11.3 Å². The molecule has 6 heteroatoms. The highest BCUT2D eigenvalue weighted by Crippen LogP contribution is 2.28. The van der Waals surface area contributed by atoms with Gasteiger partial charge >= 0.3 is 5.97 Å². The highest BCUT2D eigenvalue weighted by atomic mass is 32.1. The van der Waals surface area contributed by atoms with Gasteiger partial charge in [0.25, 0.3) is 0 Å². The van der Waals surface area contributed by atoms with Crippen LogP contribution in [0.25, 0.3) is 0 Å². The number of nitrogens with one attached hydrogen (secondary N) is 2. The molecule has 0 radical (unpaired) electrons. The number of hydrogen-bond donors (Lipinski definition) is 2. The highest BCUT2D eigenvalue weighted by Gasteiger charge is 2.25. The predicted molar refractivity (Wildman–Crippen MR) is 70.0 cm³/mol. The zero-order valence-corrected chi connectivity index (χ0v) is 11.2. The molecule has 0 saturated carbocycles. The summed E-state index contributed by atoms with van der Waals surface area (Å²) in [4.78, 5) is 24.0. The molecule has 2 heterocycles. The van der Waals surface area contributed by atoms with Crippen LogP contribution in [0.2, 0.25) is 0 Å². The first-order valence-electron chi connectivity index (χ1n) is 5.84. The number of esters is 1. The lowest BCUT2D eigenvalue weighted by molar-refractivity contribution is -0.117. The van der Waals surface area contributed by atoms with E-state index in [-0.39, 0.29) is 11.9 Å². The average molecular weight is 268 g/mol. The van der Waals surface area contributed by atoms with Gasteiger partial charge in [0, 0.05) is 0 Å². The van der Waals surface area contributed by atoms with E-state index in [1.165, 1.54) is 18.4 Å². The number of aryl methyl sites for hydroxylation is 1. The van der Waals surface area contributed by atoms with Gasteiger partial charge in [0.15, 0.2) is 0 Å². The fourth-order valence-electron chi connectivity index (χ4n) is 1.96. The van der Waals surface area contributed by atoms with Crippen molar-refractivity contribution in [2.45, 2.75) is 25.8 Å². The van der Waals surface area contributed by atoms with Crippen LogP contribution in [0.3, 0.4) is 0 Å². The molecule has 98 valence electrons. The van der Waals surface area contributed by atoms with E-state index in [1.807, 2.05) is 12.3 Å². The minimum atomic E-state index is -0.414. The molecule has 1 aliphatic rings. The molecule has 1 atom stereocenters. The maximum absolute atomic E-state index is 12.0. The monoisotopic (exact) mass is 268 g/mol. The summed E-state index contributed by atoms with van der Waals surface area (Å²) in [5.74, 6) is -0.498. The molecule has 2 rings (SSSR count). The standard InChI is InChI=1S/C12H16N2O3S/c1-7-6-18-10(12(16)17-2)9(7)14-11(15)8-4-3-5-13-8/h6,8,13H,3-5H2,1-2H3,(H,14,15)/t8-/m1/s1. The maximum atomic E-state index is 12.0. The zero-order chi connectivity index (χ0) is 13.1. The molecule has 1 aromatic heterocycles. The van der Waals surface area contributed by atoms with E-state index in [0.29, 0.717) is 10.6 Å². The number of rotatable bonds is 3. The minimum absolute atomic E-state index is 0.0841. The second kappa shape index (κ2) is 5.49. The van der Waals surface area contributed by atoms with E-state index < -0.39 is 5.97 Å². The third kappa shape index (κ3) is 2.54. The Balaban J connectivity index is 2.15. The number of carbonyl (C=O) groups excluding carboxylic acids is 2. The SMILES string of the molecule is COC(=O)c1scc(C)c1NC(=O)[C@H]1CCCN1. The lowest BCUT2D eigenvalue weighted by Gasteiger charge is -2.12. The van der Waals surface area contributed by atoms with Gasteiger partial charge in [0.1, 0.15) is 4.88 Å². The smallest absolute Gasteiger partial charge is 0.350 e. The Bertz CT molecular complexity index is 464. The van der Waals surface area contributed by atoms with Gasteiger partial charge < -0.3 is 15.4 Å². The quantitative estimate of drug-likeness (QED) is 0.816. The van der Waals surface area contributed by atoms with Crippen LogP contribution in [0, 0.1) is 6.92 Å². The fraction of sp³-hybridized carbons (Fsp3) is 0.500. The summed E-state index contributed by atoms with van der Waals surface area (Å²) in [5.41, 5.74) is 1.46. The first-order valence-corrected chi connectivity index (χ1v) is 6.72. The van der Waals surface area contributed by atoms with Crippen LogP contribution in [0.5, 0.6) is 0 Å². The number of methoxy groups -OCH3 is 1. The number of amides is 1. The van der Waals surface area contributed by atoms with Crippen molar-refractivity contribution in [3.63, 3.8) is 0 Å². The largest absolute Gasteiger partial charge is 0.465 e. The summed E-state index contributed by atoms with van der Waals surface area (Å²) in [5, 5.41) is 7.79. The van der Waals surface area contributed by atoms with E-state index >= 15 is 0 Å². The molecule has 0 aromatic carbocycles. The van der Waals surface area contributed by atoms with E-state index in [4.69, 9.17) is 4.74 Å². The van der Waals surface area contributed by atoms with Crippen molar-refractivity contribution in [2.75, 3.05) is 19.0 Å². The van der Waals surface area contributed by atoms with E-state index in [9.17, 15) is 9.59 Å². The lowest BCUT2D eigenvalue weighted by Crippen LogP contribution is -2.35. The summed E-state index contributed by atoms with van der Waals surface area (Å²) >= 11 is 1.28. The van der Waals surface area contributed by atoms with Crippen molar-refractivity contribution in [1.29, 1.82) is 0 Å². The van der Waals surface area contributed by atoms with Gasteiger partial charge in [-0.25, -0.2) is 4.79 Å². The molecule has 0 spiro atoms. The minimum Gasteiger partial charge on any atom is -0.465 e. The van der Waals surface area contributed by atoms with Crippen molar-refractivity contribution in [3.8, 4) is 0 Å². The van der Waals surface area contributed by atoms with Crippen LogP contribution in [0.4, 0.5) is 5.69 Å². The Morgan fingerprint density at radius 3 is 2.94 bits per heavy atom. The van der Waals surface area contributed by atoms with Gasteiger partial charge in [-0.3, -0.25) is 4.79 Å². The van der Waals surface area contributed by atoms with Crippen LogP contribution in [-0.2, 0) is 9.53 Å².